The fourth-order valence-electron chi connectivity index (χ4n) is 0.912. The van der Waals surface area contributed by atoms with Crippen molar-refractivity contribution in [1.29, 1.82) is 0 Å². The maximum atomic E-state index is 11.1. The zero-order chi connectivity index (χ0) is 12.0. The van der Waals surface area contributed by atoms with Crippen molar-refractivity contribution in [3.05, 3.63) is 28.0 Å². The van der Waals surface area contributed by atoms with Crippen LogP contribution >= 0.6 is 11.6 Å². The van der Waals surface area contributed by atoms with Crippen LogP contribution in [0.4, 0.5) is 0 Å². The summed E-state index contributed by atoms with van der Waals surface area (Å²) in [5, 5.41) is 0.329. The average Bonchev–Trinajstić information content (AvgIpc) is 2.25. The van der Waals surface area contributed by atoms with E-state index < -0.39 is 5.97 Å². The fraction of sp³-hybridized carbons (Fsp3) is 0.455. The maximum Gasteiger partial charge on any atom is 0.358 e. The summed E-state index contributed by atoms with van der Waals surface area (Å²) in [5.41, 5.74) is 1.91. The standard InChI is InChI=1S/C9H10ClNO2.C2H6/c1-5-4-7(10)8(9(12)13-3)11-6(5)2;1-2/h4H,1-3H3;1-2H3. The second kappa shape index (κ2) is 6.40. The number of halogens is 1. The molecular formula is C11H16ClNO2. The number of rotatable bonds is 1. The normalized spacial score (nSPS) is 8.93. The summed E-state index contributed by atoms with van der Waals surface area (Å²) < 4.78 is 4.53. The number of hydrogen-bond acceptors (Lipinski definition) is 3. The van der Waals surface area contributed by atoms with Crippen LogP contribution in [0.3, 0.4) is 0 Å². The topological polar surface area (TPSA) is 39.2 Å². The lowest BCUT2D eigenvalue weighted by molar-refractivity contribution is 0.0594. The van der Waals surface area contributed by atoms with Gasteiger partial charge in [0, 0.05) is 5.69 Å². The number of esters is 1. The van der Waals surface area contributed by atoms with E-state index in [9.17, 15) is 4.79 Å². The van der Waals surface area contributed by atoms with Crippen LogP contribution in [0.5, 0.6) is 0 Å². The van der Waals surface area contributed by atoms with Gasteiger partial charge >= 0.3 is 5.97 Å². The van der Waals surface area contributed by atoms with Crippen molar-refractivity contribution in [3.63, 3.8) is 0 Å². The number of carbonyl (C=O) groups is 1. The lowest BCUT2D eigenvalue weighted by Crippen LogP contribution is -2.06. The molecule has 1 aromatic rings. The molecule has 0 atom stereocenters. The molecule has 84 valence electrons. The predicted molar refractivity (Wildman–Crippen MR) is 61.4 cm³/mol. The van der Waals surface area contributed by atoms with Gasteiger partial charge in [-0.2, -0.15) is 0 Å². The molecule has 1 rings (SSSR count). The van der Waals surface area contributed by atoms with Crippen molar-refractivity contribution in [2.45, 2.75) is 27.7 Å². The average molecular weight is 230 g/mol. The molecule has 0 aliphatic carbocycles. The number of methoxy groups -OCH3 is 1. The molecule has 15 heavy (non-hydrogen) atoms. The minimum atomic E-state index is -0.506. The smallest absolute Gasteiger partial charge is 0.358 e. The largest absolute Gasteiger partial charge is 0.464 e. The Hall–Kier alpha value is -1.09. The highest BCUT2D eigenvalue weighted by molar-refractivity contribution is 6.33. The van der Waals surface area contributed by atoms with Crippen molar-refractivity contribution in [1.82, 2.24) is 4.98 Å². The summed E-state index contributed by atoms with van der Waals surface area (Å²) >= 11 is 5.81. The van der Waals surface area contributed by atoms with Crippen molar-refractivity contribution in [3.8, 4) is 0 Å². The minimum Gasteiger partial charge on any atom is -0.464 e. The van der Waals surface area contributed by atoms with E-state index in [1.54, 1.807) is 6.07 Å². The Bertz CT molecular complexity index is 351. The molecule has 0 aliphatic rings. The first kappa shape index (κ1) is 13.9. The number of ether oxygens (including phenoxy) is 1. The first-order valence-electron chi connectivity index (χ1n) is 4.78. The summed E-state index contributed by atoms with van der Waals surface area (Å²) in [7, 11) is 1.30. The van der Waals surface area contributed by atoms with Crippen LogP contribution in [-0.2, 0) is 4.74 Å². The lowest BCUT2D eigenvalue weighted by Gasteiger charge is -2.04. The van der Waals surface area contributed by atoms with E-state index in [4.69, 9.17) is 11.6 Å². The molecule has 0 bridgehead atoms. The lowest BCUT2D eigenvalue weighted by atomic mass is 10.2. The second-order valence-electron chi connectivity index (χ2n) is 2.71. The van der Waals surface area contributed by atoms with E-state index in [-0.39, 0.29) is 5.69 Å². The van der Waals surface area contributed by atoms with Crippen LogP contribution in [0.25, 0.3) is 0 Å². The van der Waals surface area contributed by atoms with Crippen LogP contribution < -0.4 is 0 Å². The Balaban J connectivity index is 0.000000921. The van der Waals surface area contributed by atoms with Gasteiger partial charge in [0.1, 0.15) is 0 Å². The van der Waals surface area contributed by atoms with Gasteiger partial charge in [-0.25, -0.2) is 9.78 Å². The molecule has 0 amide bonds. The molecule has 4 heteroatoms. The SMILES string of the molecule is CC.COC(=O)c1nc(C)c(C)cc1Cl. The maximum absolute atomic E-state index is 11.1. The highest BCUT2D eigenvalue weighted by Gasteiger charge is 2.13. The van der Waals surface area contributed by atoms with E-state index in [1.807, 2.05) is 27.7 Å². The molecule has 0 unspecified atom stereocenters. The third-order valence-electron chi connectivity index (χ3n) is 1.80. The zero-order valence-electron chi connectivity index (χ0n) is 9.72. The number of pyridine rings is 1. The van der Waals surface area contributed by atoms with Crippen LogP contribution in [0.15, 0.2) is 6.07 Å². The summed E-state index contributed by atoms with van der Waals surface area (Å²) in [6, 6.07) is 1.70. The number of hydrogen-bond donors (Lipinski definition) is 0. The number of aromatic nitrogens is 1. The Morgan fingerprint density at radius 3 is 2.40 bits per heavy atom. The Morgan fingerprint density at radius 2 is 1.93 bits per heavy atom. The molecule has 0 N–H and O–H groups in total. The first-order valence-corrected chi connectivity index (χ1v) is 5.16. The number of nitrogens with zero attached hydrogens (tertiary/aromatic N) is 1. The molecule has 0 radical (unpaired) electrons. The van der Waals surface area contributed by atoms with Gasteiger partial charge in [0.05, 0.1) is 12.1 Å². The molecule has 0 aromatic carbocycles. The molecule has 0 saturated carbocycles. The van der Waals surface area contributed by atoms with Gasteiger partial charge in [-0.15, -0.1) is 0 Å². The molecule has 0 aliphatic heterocycles. The summed E-state index contributed by atoms with van der Waals surface area (Å²) in [6.45, 7) is 7.70. The van der Waals surface area contributed by atoms with Crippen molar-refractivity contribution < 1.29 is 9.53 Å². The van der Waals surface area contributed by atoms with Crippen LogP contribution in [0.2, 0.25) is 5.02 Å². The van der Waals surface area contributed by atoms with Crippen molar-refractivity contribution in [2.75, 3.05) is 7.11 Å². The van der Waals surface area contributed by atoms with Gasteiger partial charge in [-0.3, -0.25) is 0 Å². The quantitative estimate of drug-likeness (QED) is 0.695. The van der Waals surface area contributed by atoms with E-state index >= 15 is 0 Å². The fourth-order valence-corrected chi connectivity index (χ4v) is 1.20. The highest BCUT2D eigenvalue weighted by Crippen LogP contribution is 2.18. The van der Waals surface area contributed by atoms with E-state index in [0.29, 0.717) is 5.02 Å². The van der Waals surface area contributed by atoms with E-state index in [1.165, 1.54) is 7.11 Å². The van der Waals surface area contributed by atoms with Gasteiger partial charge in [0.2, 0.25) is 0 Å². The van der Waals surface area contributed by atoms with Gasteiger partial charge in [-0.1, -0.05) is 25.4 Å². The molecule has 3 nitrogen and oxygen atoms in total. The van der Waals surface area contributed by atoms with E-state index in [0.717, 1.165) is 11.3 Å². The molecule has 0 fully saturated rings. The summed E-state index contributed by atoms with van der Waals surface area (Å²) in [5.74, 6) is -0.506. The van der Waals surface area contributed by atoms with Crippen molar-refractivity contribution >= 4 is 17.6 Å². The van der Waals surface area contributed by atoms with Gasteiger partial charge < -0.3 is 4.74 Å². The molecule has 0 spiro atoms. The number of aryl methyl sites for hydroxylation is 2. The van der Waals surface area contributed by atoms with Crippen LogP contribution in [0, 0.1) is 13.8 Å². The Labute approximate surface area is 95.4 Å². The Morgan fingerprint density at radius 1 is 1.40 bits per heavy atom. The second-order valence-corrected chi connectivity index (χ2v) is 3.12. The van der Waals surface area contributed by atoms with Crippen LogP contribution in [0.1, 0.15) is 35.6 Å². The first-order chi connectivity index (χ1) is 7.06. The van der Waals surface area contributed by atoms with Gasteiger partial charge in [-0.05, 0) is 25.5 Å². The molecule has 0 saturated heterocycles. The van der Waals surface area contributed by atoms with E-state index in [2.05, 4.69) is 9.72 Å². The Kier molecular flexibility index (Phi) is 5.94. The molecule has 1 aromatic heterocycles. The third-order valence-corrected chi connectivity index (χ3v) is 2.09. The van der Waals surface area contributed by atoms with Gasteiger partial charge in [0.15, 0.2) is 5.69 Å². The predicted octanol–water partition coefficient (Wildman–Crippen LogP) is 3.16. The van der Waals surface area contributed by atoms with Gasteiger partial charge in [0.25, 0.3) is 0 Å². The number of carbonyl (C=O) groups excluding carboxylic acids is 1. The molecular weight excluding hydrogens is 214 g/mol. The minimum absolute atomic E-state index is 0.173. The van der Waals surface area contributed by atoms with Crippen molar-refractivity contribution in [2.24, 2.45) is 0 Å². The van der Waals surface area contributed by atoms with Crippen LogP contribution in [-0.4, -0.2) is 18.1 Å². The highest BCUT2D eigenvalue weighted by atomic mass is 35.5. The third kappa shape index (κ3) is 3.51. The molecule has 1 heterocycles. The zero-order valence-corrected chi connectivity index (χ0v) is 10.5. The monoisotopic (exact) mass is 229 g/mol. The summed E-state index contributed by atoms with van der Waals surface area (Å²) in [6.07, 6.45) is 0. The summed E-state index contributed by atoms with van der Waals surface area (Å²) in [4.78, 5) is 15.2.